The number of benzene rings is 1. The van der Waals surface area contributed by atoms with Gasteiger partial charge in [-0.05, 0) is 19.1 Å². The van der Waals surface area contributed by atoms with Gasteiger partial charge in [0.05, 0.1) is 17.1 Å². The summed E-state index contributed by atoms with van der Waals surface area (Å²) in [5.74, 6) is -2.36. The highest BCUT2D eigenvalue weighted by molar-refractivity contribution is 7.86. The largest absolute Gasteiger partial charge is 0.480 e. The van der Waals surface area contributed by atoms with E-state index in [0.717, 1.165) is 5.56 Å². The first-order valence-electron chi connectivity index (χ1n) is 8.52. The van der Waals surface area contributed by atoms with Gasteiger partial charge in [-0.1, -0.05) is 17.7 Å². The third-order valence-corrected chi connectivity index (χ3v) is 6.11. The molecule has 28 heavy (non-hydrogen) atoms. The summed E-state index contributed by atoms with van der Waals surface area (Å²) in [6.07, 6.45) is -3.89. The lowest BCUT2D eigenvalue weighted by molar-refractivity contribution is -0.148. The molecule has 2 aliphatic rings. The Balaban J connectivity index is 1.54. The van der Waals surface area contributed by atoms with Crippen molar-refractivity contribution in [1.29, 1.82) is 0 Å². The highest BCUT2D eigenvalue weighted by Gasteiger charge is 2.49. The summed E-state index contributed by atoms with van der Waals surface area (Å²) in [6.45, 7) is 1.83. The zero-order valence-electron chi connectivity index (χ0n) is 14.8. The molecule has 2 unspecified atom stereocenters. The summed E-state index contributed by atoms with van der Waals surface area (Å²) in [6, 6.07) is 4.70. The maximum absolute atomic E-state index is 12.2. The van der Waals surface area contributed by atoms with Gasteiger partial charge >= 0.3 is 12.1 Å². The highest BCUT2D eigenvalue weighted by atomic mass is 32.2. The maximum atomic E-state index is 12.2. The van der Waals surface area contributed by atoms with E-state index in [9.17, 15) is 22.8 Å². The van der Waals surface area contributed by atoms with E-state index >= 15 is 0 Å². The first kappa shape index (κ1) is 20.2. The number of carboxylic acids is 1. The van der Waals surface area contributed by atoms with Crippen LogP contribution in [0.3, 0.4) is 0 Å². The van der Waals surface area contributed by atoms with E-state index < -0.39 is 52.4 Å². The average molecular weight is 413 g/mol. The van der Waals surface area contributed by atoms with Gasteiger partial charge in [-0.3, -0.25) is 8.98 Å². The summed E-state index contributed by atoms with van der Waals surface area (Å²) < 4.78 is 35.1. The Morgan fingerprint density at radius 3 is 2.18 bits per heavy atom. The molecular weight excluding hydrogens is 394 g/mol. The number of aryl methyl sites for hydroxylation is 1. The summed E-state index contributed by atoms with van der Waals surface area (Å²) in [7, 11) is -3.92. The van der Waals surface area contributed by atoms with E-state index in [1.165, 1.54) is 12.1 Å². The van der Waals surface area contributed by atoms with Crippen LogP contribution in [0, 0.1) is 6.92 Å². The normalized spacial score (nSPS) is 27.5. The van der Waals surface area contributed by atoms with Gasteiger partial charge < -0.3 is 14.9 Å². The van der Waals surface area contributed by atoms with Crippen molar-refractivity contribution < 1.29 is 41.9 Å². The third kappa shape index (κ3) is 4.01. The fourth-order valence-corrected chi connectivity index (χ4v) is 4.25. The van der Waals surface area contributed by atoms with Crippen molar-refractivity contribution in [3.63, 3.8) is 0 Å². The number of ether oxygens (including phenoxy) is 1. The molecule has 10 nitrogen and oxygen atoms in total. The molecule has 152 valence electrons. The van der Waals surface area contributed by atoms with Gasteiger partial charge in [0.25, 0.3) is 16.0 Å². The number of aliphatic carboxylic acids is 1. The van der Waals surface area contributed by atoms with Gasteiger partial charge in [-0.15, -0.1) is 0 Å². The van der Waals surface area contributed by atoms with Crippen molar-refractivity contribution in [2.45, 2.75) is 55.4 Å². The molecule has 1 aromatic rings. The van der Waals surface area contributed by atoms with Gasteiger partial charge in [0.2, 0.25) is 0 Å². The van der Waals surface area contributed by atoms with E-state index in [-0.39, 0.29) is 29.1 Å². The van der Waals surface area contributed by atoms with Crippen molar-refractivity contribution in [3.8, 4) is 0 Å². The number of nitrogens with zero attached hydrogens (tertiary/aromatic N) is 1. The second-order valence-corrected chi connectivity index (χ2v) is 8.36. The second kappa shape index (κ2) is 7.49. The summed E-state index contributed by atoms with van der Waals surface area (Å²) in [4.78, 5) is 34.6. The molecule has 2 fully saturated rings. The fraction of sp³-hybridized carbons (Fsp3) is 0.471. The van der Waals surface area contributed by atoms with Gasteiger partial charge in [0.15, 0.2) is 0 Å². The Hall–Kier alpha value is -2.50. The molecule has 1 aliphatic carbocycles. The van der Waals surface area contributed by atoms with Gasteiger partial charge in [0, 0.05) is 19.3 Å². The monoisotopic (exact) mass is 413 g/mol. The Labute approximate surface area is 160 Å². The number of carboxylic acid groups (broad SMARTS) is 2. The smallest absolute Gasteiger partial charge is 0.414 e. The average Bonchev–Trinajstić information content (AvgIpc) is 2.90. The first-order chi connectivity index (χ1) is 13.1. The summed E-state index contributed by atoms with van der Waals surface area (Å²) in [5.41, 5.74) is 0.910. The number of carbonyl (C=O) groups excluding carboxylic acids is 1. The molecule has 1 aromatic carbocycles. The molecule has 2 N–H and O–H groups in total. The maximum Gasteiger partial charge on any atom is 0.414 e. The molecular formula is C17H19NO9S. The SMILES string of the molecule is Cc1ccc(S(=O)(=O)OC2CC(OC3CC(C(=O)O)N(C(=O)O)C3=O)C2)cc1. The predicted octanol–water partition coefficient (Wildman–Crippen LogP) is 0.980. The van der Waals surface area contributed by atoms with Crippen molar-refractivity contribution in [1.82, 2.24) is 4.90 Å². The van der Waals surface area contributed by atoms with Crippen LogP contribution in [-0.4, -0.2) is 65.9 Å². The van der Waals surface area contributed by atoms with E-state index in [0.29, 0.717) is 0 Å². The number of hydrogen-bond acceptors (Lipinski definition) is 7. The number of rotatable bonds is 6. The Kier molecular flexibility index (Phi) is 5.41. The van der Waals surface area contributed by atoms with Crippen LogP contribution in [0.1, 0.15) is 24.8 Å². The van der Waals surface area contributed by atoms with Gasteiger partial charge in [0.1, 0.15) is 12.1 Å². The third-order valence-electron chi connectivity index (χ3n) is 4.73. The lowest BCUT2D eigenvalue weighted by Gasteiger charge is -2.35. The predicted molar refractivity (Wildman–Crippen MR) is 92.0 cm³/mol. The molecule has 1 heterocycles. The number of hydrogen-bond donors (Lipinski definition) is 2. The number of amides is 2. The summed E-state index contributed by atoms with van der Waals surface area (Å²) in [5, 5.41) is 18.1. The van der Waals surface area contributed by atoms with Crippen molar-refractivity contribution in [3.05, 3.63) is 29.8 Å². The van der Waals surface area contributed by atoms with Crippen LogP contribution in [0.15, 0.2) is 29.2 Å². The van der Waals surface area contributed by atoms with Crippen LogP contribution in [0.4, 0.5) is 4.79 Å². The van der Waals surface area contributed by atoms with Crippen LogP contribution >= 0.6 is 0 Å². The molecule has 1 aliphatic heterocycles. The number of carbonyl (C=O) groups is 3. The van der Waals surface area contributed by atoms with Crippen LogP contribution in [0.25, 0.3) is 0 Å². The van der Waals surface area contributed by atoms with Crippen LogP contribution in [-0.2, 0) is 28.6 Å². The molecule has 1 saturated carbocycles. The van der Waals surface area contributed by atoms with Crippen molar-refractivity contribution in [2.24, 2.45) is 0 Å². The topological polar surface area (TPSA) is 148 Å². The lowest BCUT2D eigenvalue weighted by atomic mass is 9.92. The van der Waals surface area contributed by atoms with E-state index in [1.807, 2.05) is 6.92 Å². The van der Waals surface area contributed by atoms with E-state index in [1.54, 1.807) is 12.1 Å². The molecule has 0 radical (unpaired) electrons. The summed E-state index contributed by atoms with van der Waals surface area (Å²) >= 11 is 0. The minimum atomic E-state index is -3.92. The second-order valence-electron chi connectivity index (χ2n) is 6.78. The Bertz CT molecular complexity index is 890. The van der Waals surface area contributed by atoms with Crippen molar-refractivity contribution >= 4 is 28.1 Å². The van der Waals surface area contributed by atoms with E-state index in [4.69, 9.17) is 19.1 Å². The number of likely N-dealkylation sites (tertiary alicyclic amines) is 1. The highest BCUT2D eigenvalue weighted by Crippen LogP contribution is 2.33. The molecule has 0 bridgehead atoms. The van der Waals surface area contributed by atoms with Gasteiger partial charge in [-0.25, -0.2) is 14.5 Å². The molecule has 11 heteroatoms. The van der Waals surface area contributed by atoms with Gasteiger partial charge in [-0.2, -0.15) is 8.42 Å². The molecule has 3 rings (SSSR count). The number of imide groups is 1. The van der Waals surface area contributed by atoms with Crippen molar-refractivity contribution in [2.75, 3.05) is 0 Å². The molecule has 2 atom stereocenters. The minimum Gasteiger partial charge on any atom is -0.480 e. The van der Waals surface area contributed by atoms with Crippen LogP contribution < -0.4 is 0 Å². The molecule has 0 aromatic heterocycles. The van der Waals surface area contributed by atoms with E-state index in [2.05, 4.69) is 0 Å². The zero-order valence-corrected chi connectivity index (χ0v) is 15.7. The minimum absolute atomic E-state index is 0.0369. The van der Waals surface area contributed by atoms with Crippen LogP contribution in [0.5, 0.6) is 0 Å². The first-order valence-corrected chi connectivity index (χ1v) is 9.93. The fourth-order valence-electron chi connectivity index (χ4n) is 3.15. The van der Waals surface area contributed by atoms with Crippen LogP contribution in [0.2, 0.25) is 0 Å². The Morgan fingerprint density at radius 1 is 1.07 bits per heavy atom. The standard InChI is InChI=1S/C17H19NO9S/c1-9-2-4-12(5-3-9)28(24,25)27-11-6-10(7-11)26-14-8-13(16(20)21)18(15(14)19)17(22)23/h2-5,10-11,13-14H,6-8H2,1H3,(H,20,21)(H,22,23). The molecule has 2 amide bonds. The molecule has 0 spiro atoms. The zero-order chi connectivity index (χ0) is 20.6. The Morgan fingerprint density at radius 2 is 1.68 bits per heavy atom. The quantitative estimate of drug-likeness (QED) is 0.651. The lowest BCUT2D eigenvalue weighted by Crippen LogP contribution is -2.44. The molecule has 1 saturated heterocycles.